The zero-order valence-corrected chi connectivity index (χ0v) is 1.99. The van der Waals surface area contributed by atoms with E-state index in [1.165, 1.54) is 0 Å². The molecular weight excluding hydrogens is 90.4 g/mol. The Labute approximate surface area is 51.1 Å². The first-order valence-electron chi connectivity index (χ1n) is 0.337. The summed E-state index contributed by atoms with van der Waals surface area (Å²) >= 11 is 4.05. The van der Waals surface area contributed by atoms with E-state index in [1.54, 1.807) is 0 Å². The predicted octanol–water partition coefficient (Wildman–Crippen LogP) is -0.0187. The van der Waals surface area contributed by atoms with Crippen LogP contribution in [0.4, 0.5) is 0 Å². The summed E-state index contributed by atoms with van der Waals surface area (Å²) < 4.78 is 2.72. The molecule has 0 aromatic carbocycles. The minimum absolute atomic E-state index is 0. The summed E-state index contributed by atoms with van der Waals surface area (Å²) in [7, 11) is 0. The molecule has 0 rings (SSSR count). The standard InChI is InChI=1S/ClHO2.Na.H/c1-3-2;;/h2H;;. The van der Waals surface area contributed by atoms with Crippen LogP contribution in [0.5, 0.6) is 0 Å². The first kappa shape index (κ1) is 8.96. The van der Waals surface area contributed by atoms with Crippen LogP contribution in [0.3, 0.4) is 0 Å². The van der Waals surface area contributed by atoms with Gasteiger partial charge in [0.2, 0.25) is 0 Å². The molecule has 0 unspecified atom stereocenters. The van der Waals surface area contributed by atoms with Crippen molar-refractivity contribution in [2.75, 3.05) is 0 Å². The van der Waals surface area contributed by atoms with E-state index in [0.717, 1.165) is 0 Å². The van der Waals surface area contributed by atoms with Crippen molar-refractivity contribution in [3.05, 3.63) is 0 Å². The fourth-order valence-corrected chi connectivity index (χ4v) is 0. The number of rotatable bonds is 0. The van der Waals surface area contributed by atoms with Crippen molar-refractivity contribution in [2.24, 2.45) is 0 Å². The van der Waals surface area contributed by atoms with Crippen molar-refractivity contribution in [1.82, 2.24) is 0 Å². The Bertz CT molecular complexity index is 6.00. The van der Waals surface area contributed by atoms with E-state index in [1.807, 2.05) is 0 Å². The van der Waals surface area contributed by atoms with Gasteiger partial charge < -0.3 is 0 Å². The Hall–Kier alpha value is 1.21. The van der Waals surface area contributed by atoms with Gasteiger partial charge in [0.25, 0.3) is 0 Å². The molecule has 0 aliphatic carbocycles. The average molecular weight is 92.5 g/mol. The number of hydrogen-bond donors (Lipinski definition) is 1. The minimum atomic E-state index is 0. The third-order valence-electron chi connectivity index (χ3n) is 0. The van der Waals surface area contributed by atoms with Crippen LogP contribution in [0.2, 0.25) is 0 Å². The molecule has 0 amide bonds. The maximum atomic E-state index is 6.83. The van der Waals surface area contributed by atoms with Gasteiger partial charge in [-0.2, -0.15) is 0 Å². The Balaban J connectivity index is 0. The second-order valence-corrected chi connectivity index (χ2v) is 0.207. The Morgan fingerprint density at radius 3 is 1.75 bits per heavy atom. The van der Waals surface area contributed by atoms with Gasteiger partial charge in [-0.05, 0) is 0 Å². The molecule has 0 spiro atoms. The predicted molar refractivity (Wildman–Crippen MR) is 16.7 cm³/mol. The van der Waals surface area contributed by atoms with Gasteiger partial charge in [-0.25, -0.2) is 5.26 Å². The van der Waals surface area contributed by atoms with Gasteiger partial charge in [0.1, 0.15) is 0 Å². The molecule has 4 heavy (non-hydrogen) atoms. The van der Waals surface area contributed by atoms with Crippen LogP contribution < -0.4 is 0 Å². The Morgan fingerprint density at radius 1 is 1.75 bits per heavy atom. The van der Waals surface area contributed by atoms with Crippen LogP contribution in [0, 0.1) is 0 Å². The monoisotopic (exact) mass is 92.0 g/mol. The molecular formula is H2ClNaO2. The van der Waals surface area contributed by atoms with Gasteiger partial charge in [-0.3, -0.25) is 0 Å². The third-order valence-corrected chi connectivity index (χ3v) is 0. The topological polar surface area (TPSA) is 29.5 Å². The molecule has 2 nitrogen and oxygen atoms in total. The van der Waals surface area contributed by atoms with E-state index in [9.17, 15) is 0 Å². The third kappa shape index (κ3) is 10.7. The van der Waals surface area contributed by atoms with E-state index >= 15 is 0 Å². The fourth-order valence-electron chi connectivity index (χ4n) is 0. The molecule has 0 atom stereocenters. The quantitative estimate of drug-likeness (QED) is 0.259. The first-order chi connectivity index (χ1) is 1.41. The van der Waals surface area contributed by atoms with Gasteiger partial charge >= 0.3 is 29.6 Å². The molecule has 4 heteroatoms. The van der Waals surface area contributed by atoms with E-state index in [2.05, 4.69) is 16.3 Å². The SMILES string of the molecule is OOCl.[NaH]. The van der Waals surface area contributed by atoms with Crippen molar-refractivity contribution >= 4 is 41.4 Å². The molecule has 0 aliphatic rings. The Kier molecular flexibility index (Phi) is 19.9. The van der Waals surface area contributed by atoms with Gasteiger partial charge in [0.05, 0.1) is 11.9 Å². The van der Waals surface area contributed by atoms with Gasteiger partial charge in [0.15, 0.2) is 0 Å². The van der Waals surface area contributed by atoms with Crippen LogP contribution >= 0.6 is 11.9 Å². The summed E-state index contributed by atoms with van der Waals surface area (Å²) in [6.07, 6.45) is 0. The molecule has 0 aliphatic heterocycles. The second-order valence-electron chi connectivity index (χ2n) is 0.0690. The van der Waals surface area contributed by atoms with E-state index in [0.29, 0.717) is 0 Å². The van der Waals surface area contributed by atoms with Crippen LogP contribution in [-0.2, 0) is 4.44 Å². The van der Waals surface area contributed by atoms with Crippen LogP contribution in [0.1, 0.15) is 0 Å². The van der Waals surface area contributed by atoms with Crippen molar-refractivity contribution < 1.29 is 9.70 Å². The molecule has 0 bridgehead atoms. The summed E-state index contributed by atoms with van der Waals surface area (Å²) in [4.78, 5) is 0. The van der Waals surface area contributed by atoms with Crippen LogP contribution in [-0.4, -0.2) is 34.8 Å². The van der Waals surface area contributed by atoms with E-state index in [-0.39, 0.29) is 29.6 Å². The Morgan fingerprint density at radius 2 is 1.75 bits per heavy atom. The molecule has 0 aromatic rings. The second kappa shape index (κ2) is 8.88. The maximum absolute atomic E-state index is 6.83. The van der Waals surface area contributed by atoms with Gasteiger partial charge in [0, 0.05) is 0 Å². The van der Waals surface area contributed by atoms with Gasteiger partial charge in [-0.15, -0.1) is 4.44 Å². The van der Waals surface area contributed by atoms with Crippen molar-refractivity contribution in [1.29, 1.82) is 0 Å². The van der Waals surface area contributed by atoms with Crippen molar-refractivity contribution in [2.45, 2.75) is 0 Å². The summed E-state index contributed by atoms with van der Waals surface area (Å²) in [5, 5.41) is 6.83. The van der Waals surface area contributed by atoms with E-state index < -0.39 is 0 Å². The summed E-state index contributed by atoms with van der Waals surface area (Å²) in [6.45, 7) is 0. The zero-order chi connectivity index (χ0) is 2.71. The molecule has 0 heterocycles. The molecule has 0 aromatic heterocycles. The molecule has 0 saturated heterocycles. The summed E-state index contributed by atoms with van der Waals surface area (Å²) in [6, 6.07) is 0. The zero-order valence-electron chi connectivity index (χ0n) is 1.23. The molecule has 0 saturated carbocycles. The van der Waals surface area contributed by atoms with Crippen molar-refractivity contribution in [3.8, 4) is 0 Å². The number of hydrogen-bond acceptors (Lipinski definition) is 2. The normalized spacial score (nSPS) is 4.50. The van der Waals surface area contributed by atoms with Gasteiger partial charge in [-0.1, -0.05) is 0 Å². The summed E-state index contributed by atoms with van der Waals surface area (Å²) in [5.74, 6) is 0. The summed E-state index contributed by atoms with van der Waals surface area (Å²) in [5.41, 5.74) is 0. The molecule has 1 N–H and O–H groups in total. The van der Waals surface area contributed by atoms with E-state index in [4.69, 9.17) is 5.26 Å². The fraction of sp³-hybridized carbons (Fsp3) is 0. The van der Waals surface area contributed by atoms with Crippen molar-refractivity contribution in [3.63, 3.8) is 0 Å². The first-order valence-corrected chi connectivity index (χ1v) is 0.645. The molecule has 0 fully saturated rings. The van der Waals surface area contributed by atoms with Crippen LogP contribution in [0.15, 0.2) is 0 Å². The van der Waals surface area contributed by atoms with Crippen LogP contribution in [0.25, 0.3) is 0 Å². The average Bonchev–Trinajstić information content (AvgIpc) is 0.918. The molecule has 22 valence electrons. The number of halogens is 1. The molecule has 0 radical (unpaired) electrons.